The molecule has 4 amide bonds. The van der Waals surface area contributed by atoms with Crippen molar-refractivity contribution in [2.45, 2.75) is 63.5 Å². The van der Waals surface area contributed by atoms with Crippen molar-refractivity contribution in [3.05, 3.63) is 59.8 Å². The Morgan fingerprint density at radius 2 is 1.57 bits per heavy atom. The molecule has 3 saturated heterocycles. The second kappa shape index (κ2) is 14.8. The van der Waals surface area contributed by atoms with Crippen LogP contribution in [-0.4, -0.2) is 119 Å². The summed E-state index contributed by atoms with van der Waals surface area (Å²) in [5.74, 6) is 0.695. The number of aryl methyl sites for hydroxylation is 1. The van der Waals surface area contributed by atoms with Crippen LogP contribution >= 0.6 is 0 Å². The maximum atomic E-state index is 14.1. The number of nitrogens with one attached hydrogen (secondary N) is 1. The van der Waals surface area contributed by atoms with Crippen molar-refractivity contribution >= 4 is 44.6 Å². The summed E-state index contributed by atoms with van der Waals surface area (Å²) in [6, 6.07) is 13.7. The summed E-state index contributed by atoms with van der Waals surface area (Å²) in [5.41, 5.74) is 3.84. The summed E-state index contributed by atoms with van der Waals surface area (Å²) in [4.78, 5) is 46.3. The van der Waals surface area contributed by atoms with Crippen molar-refractivity contribution in [3.63, 3.8) is 0 Å². The van der Waals surface area contributed by atoms with Gasteiger partial charge >= 0.3 is 12.1 Å². The van der Waals surface area contributed by atoms with Gasteiger partial charge in [-0.1, -0.05) is 24.3 Å². The molecular formula is C37H49N7O6S. The molecule has 1 aromatic heterocycles. The van der Waals surface area contributed by atoms with Crippen LogP contribution in [0.2, 0.25) is 0 Å². The lowest BCUT2D eigenvalue weighted by molar-refractivity contribution is -0.142. The number of fused-ring (bicyclic) bond motifs is 2. The zero-order valence-electron chi connectivity index (χ0n) is 29.6. The van der Waals surface area contributed by atoms with Crippen LogP contribution in [0.4, 0.5) is 15.3 Å². The molecule has 4 aliphatic rings. The van der Waals surface area contributed by atoms with Crippen LogP contribution < -0.4 is 5.32 Å². The van der Waals surface area contributed by atoms with Gasteiger partial charge in [0.05, 0.1) is 18.0 Å². The lowest BCUT2D eigenvalue weighted by Crippen LogP contribution is -2.52. The van der Waals surface area contributed by atoms with Crippen molar-refractivity contribution < 1.29 is 27.5 Å². The number of nitrogens with zero attached hydrogens (tertiary/aromatic N) is 6. The number of sulfonamides is 1. The Morgan fingerprint density at radius 3 is 2.27 bits per heavy atom. The number of anilines is 1. The number of carbonyl (C=O) groups is 3. The number of urea groups is 1. The molecule has 0 bridgehead atoms. The normalized spacial score (nSPS) is 20.9. The molecule has 0 aliphatic carbocycles. The van der Waals surface area contributed by atoms with Crippen molar-refractivity contribution in [1.82, 2.24) is 28.8 Å². The highest BCUT2D eigenvalue weighted by Crippen LogP contribution is 2.34. The van der Waals surface area contributed by atoms with E-state index in [0.717, 1.165) is 59.8 Å². The van der Waals surface area contributed by atoms with Gasteiger partial charge in [0.1, 0.15) is 0 Å². The molecule has 274 valence electrons. The van der Waals surface area contributed by atoms with Crippen molar-refractivity contribution in [3.8, 4) is 0 Å². The molecule has 14 heteroatoms. The summed E-state index contributed by atoms with van der Waals surface area (Å²) in [5, 5.41) is 8.35. The molecule has 4 aliphatic heterocycles. The number of ether oxygens (including phenoxy) is 1. The van der Waals surface area contributed by atoms with E-state index in [0.29, 0.717) is 70.5 Å². The number of aromatic nitrogens is 2. The number of carbonyl (C=O) groups excluding carboxylic acids is 3. The van der Waals surface area contributed by atoms with E-state index in [1.165, 1.54) is 6.26 Å². The third kappa shape index (κ3) is 7.86. The molecule has 51 heavy (non-hydrogen) atoms. The fourth-order valence-electron chi connectivity index (χ4n) is 8.50. The Kier molecular flexibility index (Phi) is 10.2. The Bertz CT molecular complexity index is 1860. The molecule has 3 fully saturated rings. The zero-order chi connectivity index (χ0) is 35.7. The first-order chi connectivity index (χ1) is 24.5. The SMILES string of the molecule is Cn1ncc2cc(C[C@@H](OC(=O)N3CCC(N4CCc5ccccc5NC4=O)CC3)C(=O)N3CCC(C4CCN(S(C)(=O)=O)CC4)CC3)ccc21. The van der Waals surface area contributed by atoms with Crippen LogP contribution in [0, 0.1) is 11.8 Å². The Hall–Kier alpha value is -4.17. The minimum Gasteiger partial charge on any atom is -0.436 e. The molecule has 0 spiro atoms. The fraction of sp³-hybridized carbons (Fsp3) is 0.568. The highest BCUT2D eigenvalue weighted by atomic mass is 32.2. The molecule has 5 heterocycles. The smallest absolute Gasteiger partial charge is 0.410 e. The largest absolute Gasteiger partial charge is 0.436 e. The van der Waals surface area contributed by atoms with Crippen LogP contribution in [0.15, 0.2) is 48.7 Å². The molecule has 1 atom stereocenters. The highest BCUT2D eigenvalue weighted by molar-refractivity contribution is 7.88. The summed E-state index contributed by atoms with van der Waals surface area (Å²) >= 11 is 0. The Labute approximate surface area is 299 Å². The van der Waals surface area contributed by atoms with E-state index in [1.807, 2.05) is 59.3 Å². The first-order valence-electron chi connectivity index (χ1n) is 18.3. The van der Waals surface area contributed by atoms with Gasteiger partial charge in [-0.2, -0.15) is 5.10 Å². The van der Waals surface area contributed by atoms with E-state index in [2.05, 4.69) is 10.4 Å². The van der Waals surface area contributed by atoms with Gasteiger partial charge in [0.25, 0.3) is 5.91 Å². The number of para-hydroxylation sites is 1. The van der Waals surface area contributed by atoms with Crippen LogP contribution in [0.25, 0.3) is 10.9 Å². The van der Waals surface area contributed by atoms with Gasteiger partial charge < -0.3 is 24.8 Å². The average Bonchev–Trinajstić information content (AvgIpc) is 3.41. The molecule has 13 nitrogen and oxygen atoms in total. The topological polar surface area (TPSA) is 137 Å². The number of rotatable bonds is 7. The summed E-state index contributed by atoms with van der Waals surface area (Å²) in [6.07, 6.45) is 7.25. The quantitative estimate of drug-likeness (QED) is 0.389. The monoisotopic (exact) mass is 719 g/mol. The number of benzene rings is 2. The predicted octanol–water partition coefficient (Wildman–Crippen LogP) is 4.09. The summed E-state index contributed by atoms with van der Waals surface area (Å²) in [6.45, 7) is 3.76. The molecular weight excluding hydrogens is 671 g/mol. The number of piperidine rings is 3. The zero-order valence-corrected chi connectivity index (χ0v) is 30.4. The lowest BCUT2D eigenvalue weighted by Gasteiger charge is -2.40. The van der Waals surface area contributed by atoms with E-state index in [-0.39, 0.29) is 24.4 Å². The molecule has 1 N–H and O–H groups in total. The van der Waals surface area contributed by atoms with Gasteiger partial charge in [0, 0.05) is 76.4 Å². The van der Waals surface area contributed by atoms with Gasteiger partial charge in [-0.05, 0) is 86.1 Å². The number of likely N-dealkylation sites (tertiary alicyclic amines) is 2. The molecule has 0 radical (unpaired) electrons. The number of amides is 4. The van der Waals surface area contributed by atoms with Crippen LogP contribution in [0.3, 0.4) is 0 Å². The second-order valence-corrected chi connectivity index (χ2v) is 16.6. The summed E-state index contributed by atoms with van der Waals surface area (Å²) < 4.78 is 33.4. The van der Waals surface area contributed by atoms with Crippen LogP contribution in [0.5, 0.6) is 0 Å². The summed E-state index contributed by atoms with van der Waals surface area (Å²) in [7, 11) is -1.29. The number of hydrogen-bond donors (Lipinski definition) is 1. The Morgan fingerprint density at radius 1 is 0.902 bits per heavy atom. The minimum atomic E-state index is -3.17. The van der Waals surface area contributed by atoms with Crippen molar-refractivity contribution in [2.75, 3.05) is 57.4 Å². The molecule has 0 saturated carbocycles. The van der Waals surface area contributed by atoms with Crippen molar-refractivity contribution in [1.29, 1.82) is 0 Å². The van der Waals surface area contributed by atoms with Crippen molar-refractivity contribution in [2.24, 2.45) is 18.9 Å². The third-order valence-electron chi connectivity index (χ3n) is 11.5. The Balaban J connectivity index is 0.981. The van der Waals surface area contributed by atoms with E-state index < -0.39 is 22.2 Å². The van der Waals surface area contributed by atoms with Crippen LogP contribution in [-0.2, 0) is 39.4 Å². The second-order valence-electron chi connectivity index (χ2n) is 14.6. The van der Waals surface area contributed by atoms with Gasteiger partial charge in [-0.15, -0.1) is 0 Å². The number of hydrogen-bond acceptors (Lipinski definition) is 7. The van der Waals surface area contributed by atoms with Crippen LogP contribution in [0.1, 0.15) is 49.7 Å². The predicted molar refractivity (Wildman–Crippen MR) is 194 cm³/mol. The van der Waals surface area contributed by atoms with E-state index >= 15 is 0 Å². The van der Waals surface area contributed by atoms with E-state index in [9.17, 15) is 22.8 Å². The molecule has 3 aromatic rings. The minimum absolute atomic E-state index is 0.00640. The lowest BCUT2D eigenvalue weighted by atomic mass is 9.79. The molecule has 2 aromatic carbocycles. The molecule has 7 rings (SSSR count). The van der Waals surface area contributed by atoms with Gasteiger partial charge in [-0.25, -0.2) is 22.3 Å². The van der Waals surface area contributed by atoms with Gasteiger partial charge in [-0.3, -0.25) is 9.48 Å². The van der Waals surface area contributed by atoms with Gasteiger partial charge in [0.2, 0.25) is 10.0 Å². The van der Waals surface area contributed by atoms with E-state index in [1.54, 1.807) is 20.1 Å². The maximum absolute atomic E-state index is 14.1. The first kappa shape index (κ1) is 35.2. The standard InChI is InChI=1S/C37H49N7O6S/c1-40-33-8-7-26(23-30(33)25-38-40)24-34(35(45)41-16-9-27(10-17-41)28-11-20-43(21-12-28)51(2,48)49)50-37(47)42-18-14-31(15-19-42)44-22-13-29-5-3-4-6-32(29)39-36(44)46/h3-8,23,25,27-28,31,34H,9-22,24H2,1-2H3,(H,39,46)/t34-/m1/s1. The first-order valence-corrected chi connectivity index (χ1v) is 20.1. The van der Waals surface area contributed by atoms with E-state index in [4.69, 9.17) is 4.74 Å². The molecule has 0 unspecified atom stereocenters. The van der Waals surface area contributed by atoms with Gasteiger partial charge in [0.15, 0.2) is 6.10 Å². The third-order valence-corrected chi connectivity index (χ3v) is 12.8. The fourth-order valence-corrected chi connectivity index (χ4v) is 9.38. The highest BCUT2D eigenvalue weighted by Gasteiger charge is 2.37. The maximum Gasteiger partial charge on any atom is 0.410 e. The average molecular weight is 720 g/mol.